The van der Waals surface area contributed by atoms with Crippen LogP contribution in [0.3, 0.4) is 0 Å². The second-order valence-corrected chi connectivity index (χ2v) is 5.35. The summed E-state index contributed by atoms with van der Waals surface area (Å²) in [6, 6.07) is 7.44. The van der Waals surface area contributed by atoms with Gasteiger partial charge >= 0.3 is 0 Å². The molecule has 106 valence electrons. The molecule has 0 aliphatic heterocycles. The first-order valence-electron chi connectivity index (χ1n) is 6.73. The van der Waals surface area contributed by atoms with E-state index in [1.54, 1.807) is 6.07 Å². The third-order valence-electron chi connectivity index (χ3n) is 2.93. The van der Waals surface area contributed by atoms with Crippen molar-refractivity contribution in [3.63, 3.8) is 0 Å². The summed E-state index contributed by atoms with van der Waals surface area (Å²) in [4.78, 5) is 12.3. The largest absolute Gasteiger partial charge is 0.394 e. The molecular formula is C15H24N2O2. The molecule has 0 aromatic heterocycles. The van der Waals surface area contributed by atoms with Crippen LogP contribution in [0.2, 0.25) is 0 Å². The molecule has 0 bridgehead atoms. The molecule has 0 heterocycles. The molecule has 4 heteroatoms. The van der Waals surface area contributed by atoms with Gasteiger partial charge in [0.25, 0.3) is 5.91 Å². The van der Waals surface area contributed by atoms with Crippen LogP contribution in [-0.2, 0) is 0 Å². The zero-order chi connectivity index (χ0) is 14.4. The lowest BCUT2D eigenvalue weighted by molar-refractivity contribution is 0.0897. The average Bonchev–Trinajstić information content (AvgIpc) is 2.35. The zero-order valence-corrected chi connectivity index (χ0v) is 12.1. The lowest BCUT2D eigenvalue weighted by Crippen LogP contribution is -2.41. The molecule has 0 unspecified atom stereocenters. The van der Waals surface area contributed by atoms with E-state index >= 15 is 0 Å². The van der Waals surface area contributed by atoms with Gasteiger partial charge in [0.05, 0.1) is 18.2 Å². The van der Waals surface area contributed by atoms with Gasteiger partial charge in [-0.25, -0.2) is 0 Å². The maximum atomic E-state index is 12.3. The van der Waals surface area contributed by atoms with Crippen LogP contribution in [0, 0.1) is 5.92 Å². The standard InChI is InChI=1S/C15H24N2O2/c1-10(2)14(9-18)17-15(19)12-7-5-6-8-13(12)16-11(3)4/h5-8,10-11,14,16,18H,9H2,1-4H3,(H,17,19)/t14-/m1/s1. The number of aliphatic hydroxyl groups excluding tert-OH is 1. The molecule has 0 spiro atoms. The zero-order valence-electron chi connectivity index (χ0n) is 12.1. The number of nitrogens with one attached hydrogen (secondary N) is 2. The number of carbonyl (C=O) groups excluding carboxylic acids is 1. The first-order valence-corrected chi connectivity index (χ1v) is 6.73. The van der Waals surface area contributed by atoms with Crippen LogP contribution < -0.4 is 10.6 Å². The van der Waals surface area contributed by atoms with E-state index in [2.05, 4.69) is 10.6 Å². The number of anilines is 1. The van der Waals surface area contributed by atoms with Crippen LogP contribution in [0.4, 0.5) is 5.69 Å². The highest BCUT2D eigenvalue weighted by Crippen LogP contribution is 2.16. The maximum absolute atomic E-state index is 12.3. The highest BCUT2D eigenvalue weighted by molar-refractivity contribution is 5.99. The Balaban J connectivity index is 2.87. The smallest absolute Gasteiger partial charge is 0.253 e. The lowest BCUT2D eigenvalue weighted by atomic mass is 10.0. The van der Waals surface area contributed by atoms with Gasteiger partial charge in [0.2, 0.25) is 0 Å². The van der Waals surface area contributed by atoms with Gasteiger partial charge in [-0.1, -0.05) is 26.0 Å². The van der Waals surface area contributed by atoms with Gasteiger partial charge < -0.3 is 15.7 Å². The summed E-state index contributed by atoms with van der Waals surface area (Å²) in [6.45, 7) is 7.95. The van der Waals surface area contributed by atoms with Gasteiger partial charge in [-0.15, -0.1) is 0 Å². The molecule has 3 N–H and O–H groups in total. The molecular weight excluding hydrogens is 240 g/mol. The number of para-hydroxylation sites is 1. The number of aliphatic hydroxyl groups is 1. The van der Waals surface area contributed by atoms with Crippen molar-refractivity contribution in [2.75, 3.05) is 11.9 Å². The van der Waals surface area contributed by atoms with Crippen molar-refractivity contribution in [3.8, 4) is 0 Å². The Morgan fingerprint density at radius 3 is 2.37 bits per heavy atom. The van der Waals surface area contributed by atoms with Gasteiger partial charge in [0.15, 0.2) is 0 Å². The first kappa shape index (κ1) is 15.5. The summed E-state index contributed by atoms with van der Waals surface area (Å²) in [5.41, 5.74) is 1.42. The molecule has 0 radical (unpaired) electrons. The SMILES string of the molecule is CC(C)Nc1ccccc1C(=O)N[C@H](CO)C(C)C. The summed E-state index contributed by atoms with van der Waals surface area (Å²) in [5.74, 6) is 0.0377. The van der Waals surface area contributed by atoms with Crippen LogP contribution in [-0.4, -0.2) is 29.7 Å². The van der Waals surface area contributed by atoms with E-state index in [9.17, 15) is 9.90 Å². The molecule has 0 fully saturated rings. The average molecular weight is 264 g/mol. The van der Waals surface area contributed by atoms with Gasteiger partial charge in [-0.2, -0.15) is 0 Å². The van der Waals surface area contributed by atoms with E-state index in [0.29, 0.717) is 5.56 Å². The highest BCUT2D eigenvalue weighted by atomic mass is 16.3. The monoisotopic (exact) mass is 264 g/mol. The highest BCUT2D eigenvalue weighted by Gasteiger charge is 2.18. The molecule has 4 nitrogen and oxygen atoms in total. The molecule has 0 aliphatic carbocycles. The summed E-state index contributed by atoms with van der Waals surface area (Å²) in [6.07, 6.45) is 0. The topological polar surface area (TPSA) is 61.4 Å². The Bertz CT molecular complexity index is 416. The Labute approximate surface area is 115 Å². The minimum Gasteiger partial charge on any atom is -0.394 e. The van der Waals surface area contributed by atoms with Gasteiger partial charge in [-0.05, 0) is 31.9 Å². The molecule has 1 aromatic carbocycles. The van der Waals surface area contributed by atoms with Crippen molar-refractivity contribution in [3.05, 3.63) is 29.8 Å². The van der Waals surface area contributed by atoms with Crippen molar-refractivity contribution in [2.24, 2.45) is 5.92 Å². The predicted molar refractivity (Wildman–Crippen MR) is 78.4 cm³/mol. The van der Waals surface area contributed by atoms with Crippen LogP contribution in [0.5, 0.6) is 0 Å². The van der Waals surface area contributed by atoms with Gasteiger partial charge in [0, 0.05) is 11.7 Å². The Hall–Kier alpha value is -1.55. The molecule has 0 saturated heterocycles. The van der Waals surface area contributed by atoms with E-state index in [1.807, 2.05) is 45.9 Å². The molecule has 1 atom stereocenters. The van der Waals surface area contributed by atoms with E-state index in [1.165, 1.54) is 0 Å². The van der Waals surface area contributed by atoms with Gasteiger partial charge in [-0.3, -0.25) is 4.79 Å². The second kappa shape index (κ2) is 7.14. The fourth-order valence-corrected chi connectivity index (χ4v) is 1.79. The number of carbonyl (C=O) groups is 1. The Kier molecular flexibility index (Phi) is 5.83. The Morgan fingerprint density at radius 2 is 1.84 bits per heavy atom. The maximum Gasteiger partial charge on any atom is 0.253 e. The summed E-state index contributed by atoms with van der Waals surface area (Å²) in [5, 5.41) is 15.4. The van der Waals surface area contributed by atoms with E-state index in [0.717, 1.165) is 5.69 Å². The summed E-state index contributed by atoms with van der Waals surface area (Å²) >= 11 is 0. The number of benzene rings is 1. The van der Waals surface area contributed by atoms with Crippen LogP contribution in [0.15, 0.2) is 24.3 Å². The number of hydrogen-bond acceptors (Lipinski definition) is 3. The normalized spacial score (nSPS) is 12.6. The fraction of sp³-hybridized carbons (Fsp3) is 0.533. The minimum atomic E-state index is -0.223. The Morgan fingerprint density at radius 1 is 1.21 bits per heavy atom. The second-order valence-electron chi connectivity index (χ2n) is 5.35. The number of hydrogen-bond donors (Lipinski definition) is 3. The third-order valence-corrected chi connectivity index (χ3v) is 2.93. The quantitative estimate of drug-likeness (QED) is 0.738. The summed E-state index contributed by atoms with van der Waals surface area (Å²) in [7, 11) is 0. The van der Waals surface area contributed by atoms with Crippen molar-refractivity contribution in [1.82, 2.24) is 5.32 Å². The lowest BCUT2D eigenvalue weighted by Gasteiger charge is -2.21. The van der Waals surface area contributed by atoms with Crippen LogP contribution >= 0.6 is 0 Å². The molecule has 0 saturated carbocycles. The van der Waals surface area contributed by atoms with Crippen molar-refractivity contribution in [2.45, 2.75) is 39.8 Å². The predicted octanol–water partition coefficient (Wildman–Crippen LogP) is 2.25. The number of rotatable bonds is 6. The van der Waals surface area contributed by atoms with E-state index in [-0.39, 0.29) is 30.5 Å². The molecule has 19 heavy (non-hydrogen) atoms. The number of amides is 1. The van der Waals surface area contributed by atoms with Crippen molar-refractivity contribution < 1.29 is 9.90 Å². The fourth-order valence-electron chi connectivity index (χ4n) is 1.79. The van der Waals surface area contributed by atoms with Crippen LogP contribution in [0.1, 0.15) is 38.1 Å². The third kappa shape index (κ3) is 4.56. The minimum absolute atomic E-state index is 0.0524. The molecule has 1 aromatic rings. The van der Waals surface area contributed by atoms with Crippen molar-refractivity contribution in [1.29, 1.82) is 0 Å². The molecule has 1 amide bonds. The molecule has 0 aliphatic rings. The van der Waals surface area contributed by atoms with Crippen molar-refractivity contribution >= 4 is 11.6 Å². The first-order chi connectivity index (χ1) is 8.95. The van der Waals surface area contributed by atoms with E-state index in [4.69, 9.17) is 0 Å². The molecule has 1 rings (SSSR count). The van der Waals surface area contributed by atoms with Gasteiger partial charge in [0.1, 0.15) is 0 Å². The summed E-state index contributed by atoms with van der Waals surface area (Å²) < 4.78 is 0. The van der Waals surface area contributed by atoms with E-state index < -0.39 is 0 Å². The van der Waals surface area contributed by atoms with Crippen LogP contribution in [0.25, 0.3) is 0 Å².